The number of nitrogen functional groups attached to an aromatic ring is 1. The highest BCUT2D eigenvalue weighted by molar-refractivity contribution is 6.44. The number of halogens is 3. The minimum absolute atomic E-state index is 0.00763. The largest absolute Gasteiger partial charge is 0.457 e. The van der Waals surface area contributed by atoms with Crippen LogP contribution < -0.4 is 5.73 Å². The van der Waals surface area contributed by atoms with Crippen LogP contribution in [0.15, 0.2) is 30.3 Å². The summed E-state index contributed by atoms with van der Waals surface area (Å²) >= 11 is 11.8. The molecule has 0 aliphatic heterocycles. The Morgan fingerprint density at radius 2 is 2.00 bits per heavy atom. The monoisotopic (exact) mass is 327 g/mol. The lowest BCUT2D eigenvalue weighted by Crippen LogP contribution is -2.08. The van der Waals surface area contributed by atoms with Crippen LogP contribution in [0.2, 0.25) is 10.0 Å². The molecule has 0 radical (unpaired) electrons. The normalized spacial score (nSPS) is 10.5. The van der Waals surface area contributed by atoms with E-state index in [9.17, 15) is 9.18 Å². The van der Waals surface area contributed by atoms with Crippen molar-refractivity contribution in [1.29, 1.82) is 0 Å². The molecule has 2 aromatic rings. The van der Waals surface area contributed by atoms with E-state index in [1.807, 2.05) is 0 Å². The molecule has 0 spiro atoms. The van der Waals surface area contributed by atoms with Crippen molar-refractivity contribution in [1.82, 2.24) is 0 Å². The van der Waals surface area contributed by atoms with Gasteiger partial charge in [0.25, 0.3) is 0 Å². The standard InChI is InChI=1S/C15H12Cl2FNO2/c1-8-4-10(18)3-2-9(8)7-21-15(20)12-5-11(19)6-13(16)14(12)17/h2-6H,7,19H2,1H3. The molecule has 0 unspecified atom stereocenters. The van der Waals surface area contributed by atoms with Crippen LogP contribution in [0.1, 0.15) is 21.5 Å². The summed E-state index contributed by atoms with van der Waals surface area (Å²) in [6.07, 6.45) is 0. The molecule has 2 rings (SSSR count). The second-order valence-electron chi connectivity index (χ2n) is 4.51. The average molecular weight is 328 g/mol. The molecule has 2 aromatic carbocycles. The fourth-order valence-corrected chi connectivity index (χ4v) is 2.21. The Kier molecular flexibility index (Phi) is 4.70. The van der Waals surface area contributed by atoms with Crippen LogP contribution in [0.4, 0.5) is 10.1 Å². The first-order valence-corrected chi connectivity index (χ1v) is 6.80. The number of esters is 1. The van der Waals surface area contributed by atoms with Gasteiger partial charge in [0, 0.05) is 5.69 Å². The van der Waals surface area contributed by atoms with E-state index in [0.717, 1.165) is 0 Å². The molecule has 110 valence electrons. The fourth-order valence-electron chi connectivity index (χ4n) is 1.80. The van der Waals surface area contributed by atoms with E-state index in [-0.39, 0.29) is 28.0 Å². The van der Waals surface area contributed by atoms with E-state index in [4.69, 9.17) is 33.7 Å². The summed E-state index contributed by atoms with van der Waals surface area (Å²) in [6.45, 7) is 1.74. The Labute approximate surface area is 131 Å². The Hall–Kier alpha value is -1.78. The van der Waals surface area contributed by atoms with Gasteiger partial charge in [-0.15, -0.1) is 0 Å². The molecule has 0 atom stereocenters. The number of carbonyl (C=O) groups is 1. The maximum atomic E-state index is 13.0. The van der Waals surface area contributed by atoms with Gasteiger partial charge in [-0.2, -0.15) is 0 Å². The third-order valence-corrected chi connectivity index (χ3v) is 3.74. The molecule has 21 heavy (non-hydrogen) atoms. The first kappa shape index (κ1) is 15.6. The number of carbonyl (C=O) groups excluding carboxylic acids is 1. The van der Waals surface area contributed by atoms with Gasteiger partial charge in [-0.25, -0.2) is 9.18 Å². The molecule has 0 aromatic heterocycles. The van der Waals surface area contributed by atoms with Crippen molar-refractivity contribution in [2.45, 2.75) is 13.5 Å². The zero-order chi connectivity index (χ0) is 15.6. The second-order valence-corrected chi connectivity index (χ2v) is 5.30. The van der Waals surface area contributed by atoms with Crippen molar-refractivity contribution < 1.29 is 13.9 Å². The van der Waals surface area contributed by atoms with Crippen molar-refractivity contribution in [2.24, 2.45) is 0 Å². The van der Waals surface area contributed by atoms with Crippen LogP contribution in [-0.4, -0.2) is 5.97 Å². The van der Waals surface area contributed by atoms with Gasteiger partial charge in [-0.05, 0) is 42.3 Å². The topological polar surface area (TPSA) is 52.3 Å². The average Bonchev–Trinajstić information content (AvgIpc) is 2.41. The fraction of sp³-hybridized carbons (Fsp3) is 0.133. The van der Waals surface area contributed by atoms with Crippen molar-refractivity contribution >= 4 is 34.9 Å². The first-order valence-electron chi connectivity index (χ1n) is 6.05. The number of benzene rings is 2. The van der Waals surface area contributed by atoms with Crippen molar-refractivity contribution in [3.8, 4) is 0 Å². The smallest absolute Gasteiger partial charge is 0.340 e. The molecule has 0 saturated carbocycles. The van der Waals surface area contributed by atoms with E-state index in [2.05, 4.69) is 0 Å². The summed E-state index contributed by atoms with van der Waals surface area (Å²) in [5.41, 5.74) is 7.43. The van der Waals surface area contributed by atoms with Crippen LogP contribution >= 0.6 is 23.2 Å². The van der Waals surface area contributed by atoms with E-state index < -0.39 is 5.97 Å². The Balaban J connectivity index is 2.15. The van der Waals surface area contributed by atoms with Crippen molar-refractivity contribution in [2.75, 3.05) is 5.73 Å². The minimum Gasteiger partial charge on any atom is -0.457 e. The predicted octanol–water partition coefficient (Wildman–Crippen LogP) is 4.38. The third-order valence-electron chi connectivity index (χ3n) is 2.93. The number of ether oxygens (including phenoxy) is 1. The summed E-state index contributed by atoms with van der Waals surface area (Å²) in [4.78, 5) is 12.0. The lowest BCUT2D eigenvalue weighted by atomic mass is 10.1. The maximum absolute atomic E-state index is 13.0. The van der Waals surface area contributed by atoms with Crippen LogP contribution in [0.5, 0.6) is 0 Å². The maximum Gasteiger partial charge on any atom is 0.340 e. The highest BCUT2D eigenvalue weighted by Gasteiger charge is 2.16. The molecular weight excluding hydrogens is 316 g/mol. The van der Waals surface area contributed by atoms with E-state index in [1.54, 1.807) is 13.0 Å². The predicted molar refractivity (Wildman–Crippen MR) is 81.1 cm³/mol. The second kappa shape index (κ2) is 6.33. The summed E-state index contributed by atoms with van der Waals surface area (Å²) in [5.74, 6) is -0.980. The molecule has 0 amide bonds. The van der Waals surface area contributed by atoms with Crippen LogP contribution in [0, 0.1) is 12.7 Å². The van der Waals surface area contributed by atoms with Gasteiger partial charge in [0.05, 0.1) is 15.6 Å². The van der Waals surface area contributed by atoms with E-state index >= 15 is 0 Å². The summed E-state index contributed by atoms with van der Waals surface area (Å²) < 4.78 is 18.2. The molecular formula is C15H12Cl2FNO2. The summed E-state index contributed by atoms with van der Waals surface area (Å²) in [7, 11) is 0. The van der Waals surface area contributed by atoms with Gasteiger partial charge in [0.2, 0.25) is 0 Å². The SMILES string of the molecule is Cc1cc(F)ccc1COC(=O)c1cc(N)cc(Cl)c1Cl. The van der Waals surface area contributed by atoms with Gasteiger partial charge < -0.3 is 10.5 Å². The molecule has 2 N–H and O–H groups in total. The molecule has 0 aliphatic rings. The van der Waals surface area contributed by atoms with Gasteiger partial charge in [-0.1, -0.05) is 29.3 Å². The lowest BCUT2D eigenvalue weighted by molar-refractivity contribution is 0.0472. The molecule has 0 bridgehead atoms. The molecule has 0 heterocycles. The Morgan fingerprint density at radius 3 is 2.67 bits per heavy atom. The zero-order valence-corrected chi connectivity index (χ0v) is 12.6. The number of rotatable bonds is 3. The minimum atomic E-state index is -0.641. The first-order chi connectivity index (χ1) is 9.88. The Bertz CT molecular complexity index is 704. The molecule has 0 fully saturated rings. The van der Waals surface area contributed by atoms with E-state index in [1.165, 1.54) is 24.3 Å². The highest BCUT2D eigenvalue weighted by Crippen LogP contribution is 2.29. The number of anilines is 1. The number of nitrogens with two attached hydrogens (primary N) is 1. The summed E-state index contributed by atoms with van der Waals surface area (Å²) in [5, 5.41) is 0.272. The van der Waals surface area contributed by atoms with Gasteiger partial charge in [0.1, 0.15) is 12.4 Å². The number of aryl methyl sites for hydroxylation is 1. The van der Waals surface area contributed by atoms with Gasteiger partial charge in [0.15, 0.2) is 0 Å². The quantitative estimate of drug-likeness (QED) is 0.672. The zero-order valence-electron chi connectivity index (χ0n) is 11.1. The molecule has 0 saturated heterocycles. The number of hydrogen-bond donors (Lipinski definition) is 1. The third kappa shape index (κ3) is 3.65. The molecule has 0 aliphatic carbocycles. The Morgan fingerprint density at radius 1 is 1.29 bits per heavy atom. The van der Waals surface area contributed by atoms with Crippen molar-refractivity contribution in [3.05, 3.63) is 62.9 Å². The highest BCUT2D eigenvalue weighted by atomic mass is 35.5. The molecule has 3 nitrogen and oxygen atoms in total. The van der Waals surface area contributed by atoms with Crippen LogP contribution in [-0.2, 0) is 11.3 Å². The van der Waals surface area contributed by atoms with Crippen LogP contribution in [0.3, 0.4) is 0 Å². The van der Waals surface area contributed by atoms with Crippen LogP contribution in [0.25, 0.3) is 0 Å². The van der Waals surface area contributed by atoms with Gasteiger partial charge in [-0.3, -0.25) is 0 Å². The summed E-state index contributed by atoms with van der Waals surface area (Å²) in [6, 6.07) is 7.08. The van der Waals surface area contributed by atoms with Crippen molar-refractivity contribution in [3.63, 3.8) is 0 Å². The van der Waals surface area contributed by atoms with Gasteiger partial charge >= 0.3 is 5.97 Å². The number of hydrogen-bond acceptors (Lipinski definition) is 3. The van der Waals surface area contributed by atoms with E-state index in [0.29, 0.717) is 16.8 Å². The molecule has 6 heteroatoms. The lowest BCUT2D eigenvalue weighted by Gasteiger charge is -2.10.